The molecule has 0 bridgehead atoms. The lowest BCUT2D eigenvalue weighted by molar-refractivity contribution is 0.0607. The van der Waals surface area contributed by atoms with Crippen LogP contribution in [0.3, 0.4) is 0 Å². The van der Waals surface area contributed by atoms with E-state index in [-0.39, 0.29) is 10.6 Å². The maximum absolute atomic E-state index is 12.5. The number of ether oxygens (including phenoxy) is 1. The van der Waals surface area contributed by atoms with Gasteiger partial charge in [0.25, 0.3) is 5.95 Å². The highest BCUT2D eigenvalue weighted by atomic mass is 32.1. The average Bonchev–Trinajstić information content (AvgIpc) is 2.64. The van der Waals surface area contributed by atoms with Crippen LogP contribution in [0.15, 0.2) is 23.5 Å². The van der Waals surface area contributed by atoms with Crippen LogP contribution in [0.25, 0.3) is 0 Å². The molecule has 1 aromatic heterocycles. The van der Waals surface area contributed by atoms with Gasteiger partial charge in [-0.1, -0.05) is 0 Å². The molecule has 7 heteroatoms. The monoisotopic (exact) mass is 237 g/mol. The van der Waals surface area contributed by atoms with Crippen molar-refractivity contribution in [3.05, 3.63) is 28.4 Å². The Balaban J connectivity index is 2.92. The van der Waals surface area contributed by atoms with Gasteiger partial charge >= 0.3 is 12.0 Å². The largest absolute Gasteiger partial charge is 0.465 e. The lowest BCUT2D eigenvalue weighted by atomic mass is 10.4. The van der Waals surface area contributed by atoms with Crippen LogP contribution in [0.2, 0.25) is 0 Å². The molecule has 0 fully saturated rings. The molecule has 1 heterocycles. The molecule has 3 nitrogen and oxygen atoms in total. The van der Waals surface area contributed by atoms with E-state index in [1.165, 1.54) is 11.4 Å². The topological polar surface area (TPSA) is 38.3 Å². The Morgan fingerprint density at radius 3 is 2.67 bits per heavy atom. The minimum absolute atomic E-state index is 0.0360. The van der Waals surface area contributed by atoms with Crippen molar-refractivity contribution in [2.45, 2.75) is 0 Å². The third-order valence-electron chi connectivity index (χ3n) is 1.45. The summed E-state index contributed by atoms with van der Waals surface area (Å²) in [6.07, 6.45) is -2.47. The second kappa shape index (κ2) is 4.83. The van der Waals surface area contributed by atoms with Gasteiger partial charge in [-0.2, -0.15) is 13.2 Å². The van der Waals surface area contributed by atoms with Crippen LogP contribution < -0.4 is 5.32 Å². The third-order valence-corrected chi connectivity index (χ3v) is 2.34. The number of nitrogens with one attached hydrogen (secondary N) is 1. The van der Waals surface area contributed by atoms with Crippen molar-refractivity contribution in [3.63, 3.8) is 0 Å². The van der Waals surface area contributed by atoms with Gasteiger partial charge in [-0.25, -0.2) is 4.79 Å². The minimum atomic E-state index is -2.47. The molecule has 0 aliphatic carbocycles. The SMILES string of the molecule is COC(=O)c1sccc1NC(F)=C(F)F. The van der Waals surface area contributed by atoms with Gasteiger partial charge in [-0.3, -0.25) is 0 Å². The molecule has 0 radical (unpaired) electrons. The van der Waals surface area contributed by atoms with Gasteiger partial charge in [0.1, 0.15) is 4.88 Å². The molecule has 1 N–H and O–H groups in total. The molecule has 0 saturated heterocycles. The summed E-state index contributed by atoms with van der Waals surface area (Å²) in [5.41, 5.74) is -0.0443. The summed E-state index contributed by atoms with van der Waals surface area (Å²) in [6, 6.07) is 1.30. The highest BCUT2D eigenvalue weighted by Crippen LogP contribution is 2.25. The van der Waals surface area contributed by atoms with Crippen LogP contribution >= 0.6 is 11.3 Å². The van der Waals surface area contributed by atoms with E-state index in [0.29, 0.717) is 0 Å². The molecule has 1 aromatic rings. The fourth-order valence-electron chi connectivity index (χ4n) is 0.824. The van der Waals surface area contributed by atoms with Gasteiger partial charge in [0.05, 0.1) is 12.8 Å². The molecular formula is C8H6F3NO2S. The lowest BCUT2D eigenvalue weighted by Crippen LogP contribution is -2.03. The molecule has 15 heavy (non-hydrogen) atoms. The molecule has 0 amide bonds. The van der Waals surface area contributed by atoms with Gasteiger partial charge in [-0.15, -0.1) is 11.3 Å². The van der Waals surface area contributed by atoms with Crippen molar-refractivity contribution in [2.24, 2.45) is 0 Å². The first-order valence-corrected chi connectivity index (χ1v) is 4.57. The van der Waals surface area contributed by atoms with Crippen LogP contribution in [0.4, 0.5) is 18.9 Å². The third kappa shape index (κ3) is 2.72. The molecular weight excluding hydrogens is 231 g/mol. The van der Waals surface area contributed by atoms with Crippen molar-refractivity contribution < 1.29 is 22.7 Å². The Morgan fingerprint density at radius 2 is 2.13 bits per heavy atom. The van der Waals surface area contributed by atoms with Crippen LogP contribution in [0.5, 0.6) is 0 Å². The zero-order valence-electron chi connectivity index (χ0n) is 7.51. The van der Waals surface area contributed by atoms with Crippen LogP contribution in [-0.4, -0.2) is 13.1 Å². The summed E-state index contributed by atoms with van der Waals surface area (Å²) in [6.45, 7) is 0. The number of rotatable bonds is 3. The first kappa shape index (κ1) is 11.6. The number of hydrogen-bond donors (Lipinski definition) is 1. The second-order valence-corrected chi connectivity index (χ2v) is 3.27. The van der Waals surface area contributed by atoms with Crippen molar-refractivity contribution in [3.8, 4) is 0 Å². The average molecular weight is 237 g/mol. The minimum Gasteiger partial charge on any atom is -0.465 e. The number of thiophene rings is 1. The Morgan fingerprint density at radius 1 is 1.47 bits per heavy atom. The zero-order valence-corrected chi connectivity index (χ0v) is 8.33. The van der Waals surface area contributed by atoms with Crippen LogP contribution in [0.1, 0.15) is 9.67 Å². The number of anilines is 1. The molecule has 1 rings (SSSR count). The smallest absolute Gasteiger partial charge is 0.350 e. The number of carbonyl (C=O) groups is 1. The summed E-state index contributed by atoms with van der Waals surface area (Å²) in [7, 11) is 1.15. The van der Waals surface area contributed by atoms with Gasteiger partial charge in [-0.05, 0) is 11.4 Å². The highest BCUT2D eigenvalue weighted by molar-refractivity contribution is 7.12. The molecule has 0 saturated carbocycles. The van der Waals surface area contributed by atoms with E-state index in [2.05, 4.69) is 4.74 Å². The van der Waals surface area contributed by atoms with E-state index >= 15 is 0 Å². The van der Waals surface area contributed by atoms with Crippen molar-refractivity contribution >= 4 is 23.0 Å². The molecule has 0 aliphatic rings. The Bertz CT molecular complexity index is 398. The Kier molecular flexibility index (Phi) is 3.73. The maximum atomic E-state index is 12.5. The summed E-state index contributed by atoms with van der Waals surface area (Å²) in [4.78, 5) is 11.1. The quantitative estimate of drug-likeness (QED) is 0.648. The summed E-state index contributed by atoms with van der Waals surface area (Å²) in [5.74, 6) is -2.49. The Hall–Kier alpha value is -1.50. The fourth-order valence-corrected chi connectivity index (χ4v) is 1.59. The molecule has 82 valence electrons. The molecule has 0 aliphatic heterocycles. The van der Waals surface area contributed by atoms with E-state index in [1.807, 2.05) is 0 Å². The molecule has 0 spiro atoms. The van der Waals surface area contributed by atoms with Crippen molar-refractivity contribution in [2.75, 3.05) is 12.4 Å². The number of halogens is 3. The van der Waals surface area contributed by atoms with E-state index in [0.717, 1.165) is 18.4 Å². The van der Waals surface area contributed by atoms with Crippen LogP contribution in [-0.2, 0) is 4.74 Å². The predicted octanol–water partition coefficient (Wildman–Crippen LogP) is 2.98. The van der Waals surface area contributed by atoms with E-state index in [1.54, 1.807) is 5.32 Å². The van der Waals surface area contributed by atoms with Crippen molar-refractivity contribution in [1.29, 1.82) is 0 Å². The molecule has 0 atom stereocenters. The summed E-state index contributed by atoms with van der Waals surface area (Å²) >= 11 is 0.965. The van der Waals surface area contributed by atoms with Gasteiger partial charge < -0.3 is 10.1 Å². The van der Waals surface area contributed by atoms with E-state index < -0.39 is 18.0 Å². The zero-order chi connectivity index (χ0) is 11.4. The lowest BCUT2D eigenvalue weighted by Gasteiger charge is -2.02. The number of hydrogen-bond acceptors (Lipinski definition) is 4. The van der Waals surface area contributed by atoms with Crippen molar-refractivity contribution in [1.82, 2.24) is 0 Å². The Labute approximate surface area is 87.2 Å². The molecule has 0 aromatic carbocycles. The van der Waals surface area contributed by atoms with Gasteiger partial charge in [0.2, 0.25) is 0 Å². The van der Waals surface area contributed by atoms with Crippen LogP contribution in [0, 0.1) is 0 Å². The normalized spacial score (nSPS) is 9.60. The predicted molar refractivity (Wildman–Crippen MR) is 49.6 cm³/mol. The fraction of sp³-hybridized carbons (Fsp3) is 0.125. The first-order chi connectivity index (χ1) is 7.06. The maximum Gasteiger partial charge on any atom is 0.350 e. The van der Waals surface area contributed by atoms with Gasteiger partial charge in [0, 0.05) is 0 Å². The number of esters is 1. The standard InChI is InChI=1S/C8H6F3NO2S/c1-14-8(13)5-4(2-3-15-5)12-7(11)6(9)10/h2-3,12H,1H3. The van der Waals surface area contributed by atoms with E-state index in [9.17, 15) is 18.0 Å². The van der Waals surface area contributed by atoms with E-state index in [4.69, 9.17) is 0 Å². The second-order valence-electron chi connectivity index (χ2n) is 2.35. The number of methoxy groups -OCH3 is 1. The number of carbonyl (C=O) groups excluding carboxylic acids is 1. The molecule has 0 unspecified atom stereocenters. The first-order valence-electron chi connectivity index (χ1n) is 3.70. The summed E-state index contributed by atoms with van der Waals surface area (Å²) in [5, 5.41) is 3.23. The van der Waals surface area contributed by atoms with Gasteiger partial charge in [0.15, 0.2) is 0 Å². The highest BCUT2D eigenvalue weighted by Gasteiger charge is 2.15. The summed E-state index contributed by atoms with van der Waals surface area (Å²) < 4.78 is 40.4.